The predicted octanol–water partition coefficient (Wildman–Crippen LogP) is 1.93. The van der Waals surface area contributed by atoms with Gasteiger partial charge in [-0.2, -0.15) is 0 Å². The van der Waals surface area contributed by atoms with E-state index in [4.69, 9.17) is 4.42 Å². The number of rotatable bonds is 2. The summed E-state index contributed by atoms with van der Waals surface area (Å²) in [6.07, 6.45) is 0. The molecule has 6 rings (SSSR count). The maximum Gasteiger partial charge on any atom is 0.143 e. The Hall–Kier alpha value is -2.62. The highest BCUT2D eigenvalue weighted by Gasteiger charge is 2.21. The van der Waals surface area contributed by atoms with E-state index in [2.05, 4.69) is 108 Å². The topological polar surface area (TPSA) is 13.1 Å². The van der Waals surface area contributed by atoms with Crippen molar-refractivity contribution >= 4 is 113 Å². The minimum absolute atomic E-state index is 0.933. The van der Waals surface area contributed by atoms with Gasteiger partial charge in [0.25, 0.3) is 0 Å². The summed E-state index contributed by atoms with van der Waals surface area (Å²) < 4.78 is 9.09. The number of para-hydroxylation sites is 1. The Kier molecular flexibility index (Phi) is 4.90. The molecule has 154 valence electrons. The Morgan fingerprint density at radius 2 is 1.39 bits per heavy atom. The zero-order valence-corrected chi connectivity index (χ0v) is 21.4. The number of fused-ring (bicyclic) bond motifs is 4. The van der Waals surface area contributed by atoms with E-state index in [1.54, 1.807) is 0 Å². The third kappa shape index (κ3) is 3.09. The molecular formula is C26H19B4BrOS. The molecule has 0 aliphatic carbocycles. The molecule has 2 aromatic heterocycles. The standard InChI is InChI=1S/C26H19B4BrOS/c27-21-20(22(28)24(30)25(31)23(21)29)15-10-9-14(18-11-12-5-1-4-8-17(12)33-18)19-13-6-2-3-7-16(13)32-26(15)19/h1-11H,27-30H2. The minimum atomic E-state index is 0.933. The van der Waals surface area contributed by atoms with Gasteiger partial charge < -0.3 is 4.42 Å². The second-order valence-corrected chi connectivity index (χ2v) is 10.7. The van der Waals surface area contributed by atoms with Crippen LogP contribution in [0.25, 0.3) is 53.6 Å². The molecule has 0 spiro atoms. The summed E-state index contributed by atoms with van der Waals surface area (Å²) in [5, 5.41) is 3.66. The molecule has 0 saturated carbocycles. The predicted molar refractivity (Wildman–Crippen MR) is 160 cm³/mol. The molecule has 0 N–H and O–H groups in total. The molecule has 7 heteroatoms. The molecule has 0 amide bonds. The van der Waals surface area contributed by atoms with Crippen molar-refractivity contribution in [2.75, 3.05) is 0 Å². The first-order valence-corrected chi connectivity index (χ1v) is 12.8. The lowest BCUT2D eigenvalue weighted by Crippen LogP contribution is -2.43. The third-order valence-corrected chi connectivity index (χ3v) is 9.36. The normalized spacial score (nSPS) is 11.7. The van der Waals surface area contributed by atoms with Crippen LogP contribution in [-0.2, 0) is 0 Å². The van der Waals surface area contributed by atoms with Crippen LogP contribution < -0.4 is 21.9 Å². The van der Waals surface area contributed by atoms with Crippen molar-refractivity contribution < 1.29 is 4.42 Å². The molecule has 2 heterocycles. The Morgan fingerprint density at radius 3 is 2.15 bits per heavy atom. The van der Waals surface area contributed by atoms with E-state index in [-0.39, 0.29) is 0 Å². The van der Waals surface area contributed by atoms with Crippen molar-refractivity contribution in [1.29, 1.82) is 0 Å². The number of benzene rings is 4. The Balaban J connectivity index is 1.74. The van der Waals surface area contributed by atoms with E-state index >= 15 is 0 Å². The highest BCUT2D eigenvalue weighted by molar-refractivity contribution is 9.10. The van der Waals surface area contributed by atoms with Gasteiger partial charge in [0.05, 0.1) is 0 Å². The van der Waals surface area contributed by atoms with Crippen molar-refractivity contribution in [2.24, 2.45) is 0 Å². The molecule has 0 fully saturated rings. The highest BCUT2D eigenvalue weighted by Crippen LogP contribution is 2.43. The van der Waals surface area contributed by atoms with Gasteiger partial charge in [-0.1, -0.05) is 80.2 Å². The molecule has 0 aliphatic rings. The van der Waals surface area contributed by atoms with Crippen LogP contribution in [0, 0.1) is 0 Å². The highest BCUT2D eigenvalue weighted by atomic mass is 79.9. The molecule has 4 aromatic carbocycles. The lowest BCUT2D eigenvalue weighted by atomic mass is 9.66. The maximum absolute atomic E-state index is 6.59. The van der Waals surface area contributed by atoms with Gasteiger partial charge in [0, 0.05) is 35.9 Å². The number of hydrogen-bond donors (Lipinski definition) is 0. The van der Waals surface area contributed by atoms with E-state index in [1.165, 1.54) is 68.8 Å². The molecule has 1 nitrogen and oxygen atoms in total. The molecule has 0 aliphatic heterocycles. The fourth-order valence-corrected chi connectivity index (χ4v) is 6.70. The molecule has 0 atom stereocenters. The van der Waals surface area contributed by atoms with E-state index in [0.29, 0.717) is 0 Å². The average molecular weight is 503 g/mol. The lowest BCUT2D eigenvalue weighted by molar-refractivity contribution is 0.670. The summed E-state index contributed by atoms with van der Waals surface area (Å²) >= 11 is 5.65. The van der Waals surface area contributed by atoms with Crippen LogP contribution in [0.3, 0.4) is 0 Å². The van der Waals surface area contributed by atoms with Gasteiger partial charge in [0.2, 0.25) is 0 Å². The van der Waals surface area contributed by atoms with Crippen molar-refractivity contribution in [2.45, 2.75) is 0 Å². The first-order valence-electron chi connectivity index (χ1n) is 11.1. The maximum atomic E-state index is 6.59. The zero-order chi connectivity index (χ0) is 22.9. The first-order chi connectivity index (χ1) is 16.0. The van der Waals surface area contributed by atoms with Crippen LogP contribution in [0.15, 0.2) is 75.6 Å². The van der Waals surface area contributed by atoms with E-state index in [0.717, 1.165) is 11.2 Å². The largest absolute Gasteiger partial charge is 0.455 e. The van der Waals surface area contributed by atoms with Crippen molar-refractivity contribution in [1.82, 2.24) is 0 Å². The molecule has 0 radical (unpaired) electrons. The summed E-state index contributed by atoms with van der Waals surface area (Å²) in [5.41, 5.74) is 10.7. The molecule has 33 heavy (non-hydrogen) atoms. The summed E-state index contributed by atoms with van der Waals surface area (Å²) in [6, 6.07) is 23.9. The van der Waals surface area contributed by atoms with E-state index < -0.39 is 0 Å². The van der Waals surface area contributed by atoms with Crippen LogP contribution in [0.2, 0.25) is 0 Å². The van der Waals surface area contributed by atoms with Gasteiger partial charge in [-0.15, -0.1) is 11.3 Å². The molecule has 0 unspecified atom stereocenters. The Morgan fingerprint density at radius 1 is 0.727 bits per heavy atom. The van der Waals surface area contributed by atoms with Crippen LogP contribution in [0.4, 0.5) is 0 Å². The van der Waals surface area contributed by atoms with Crippen molar-refractivity contribution in [3.05, 3.63) is 71.2 Å². The van der Waals surface area contributed by atoms with Gasteiger partial charge in [-0.05, 0) is 35.2 Å². The molecule has 0 saturated heterocycles. The monoisotopic (exact) mass is 502 g/mol. The van der Waals surface area contributed by atoms with E-state index in [9.17, 15) is 0 Å². The molecule has 6 aromatic rings. The summed E-state index contributed by atoms with van der Waals surface area (Å²) in [5.74, 6) is 0. The third-order valence-electron chi connectivity index (χ3n) is 7.02. The quantitative estimate of drug-likeness (QED) is 0.330. The SMILES string of the molecule is Bc1c(B)c(-c2ccc(-c3cc4ccccc4s3)c3c2oc2ccccc23)c(B)c(B)c1Br. The van der Waals surface area contributed by atoms with Crippen LogP contribution >= 0.6 is 27.3 Å². The minimum Gasteiger partial charge on any atom is -0.455 e. The summed E-state index contributed by atoms with van der Waals surface area (Å²) in [7, 11) is 8.82. The number of furan rings is 1. The van der Waals surface area contributed by atoms with Gasteiger partial charge in [-0.3, -0.25) is 0 Å². The second-order valence-electron chi connectivity index (χ2n) is 8.80. The zero-order valence-electron chi connectivity index (χ0n) is 19.0. The lowest BCUT2D eigenvalue weighted by Gasteiger charge is -2.19. The van der Waals surface area contributed by atoms with Crippen molar-refractivity contribution in [3.8, 4) is 21.6 Å². The number of halogens is 1. The van der Waals surface area contributed by atoms with Gasteiger partial charge in [0.15, 0.2) is 0 Å². The van der Waals surface area contributed by atoms with Gasteiger partial charge in [-0.25, -0.2) is 0 Å². The average Bonchev–Trinajstić information content (AvgIpc) is 3.44. The molecular weight excluding hydrogens is 484 g/mol. The van der Waals surface area contributed by atoms with Crippen molar-refractivity contribution in [3.63, 3.8) is 0 Å². The second kappa shape index (κ2) is 7.72. The van der Waals surface area contributed by atoms with E-state index in [1.807, 2.05) is 17.4 Å². The first kappa shape index (κ1) is 20.9. The summed E-state index contributed by atoms with van der Waals surface area (Å²) in [4.78, 5) is 1.27. The van der Waals surface area contributed by atoms with Crippen LogP contribution in [0.5, 0.6) is 0 Å². The van der Waals surface area contributed by atoms with Gasteiger partial charge in [0.1, 0.15) is 42.6 Å². The van der Waals surface area contributed by atoms with Gasteiger partial charge >= 0.3 is 0 Å². The Bertz CT molecular complexity index is 1670. The fourth-order valence-electron chi connectivity index (χ4n) is 5.02. The number of hydrogen-bond acceptors (Lipinski definition) is 2. The summed E-state index contributed by atoms with van der Waals surface area (Å²) in [6.45, 7) is 0. The fraction of sp³-hybridized carbons (Fsp3) is 0. The Labute approximate surface area is 208 Å². The van der Waals surface area contributed by atoms with Crippen LogP contribution in [-0.4, -0.2) is 31.4 Å². The molecule has 0 bridgehead atoms. The smallest absolute Gasteiger partial charge is 0.143 e. The number of thiophene rings is 1. The van der Waals surface area contributed by atoms with Crippen LogP contribution in [0.1, 0.15) is 0 Å².